The SMILES string of the molecule is C=CCCOC(=O)[C@@H]1[C@H]2C(=O)N([C@@H](CO)Cc3ccccc3)C(C(=O)N(CC=C)C(C)(C)CC(C)(C)C)C23CC[C@@]1(C)O3. The largest absolute Gasteiger partial charge is 0.465 e. The van der Waals surface area contributed by atoms with Crippen LogP contribution in [0.25, 0.3) is 0 Å². The molecule has 3 aliphatic rings. The minimum Gasteiger partial charge on any atom is -0.465 e. The first-order valence-corrected chi connectivity index (χ1v) is 15.5. The van der Waals surface area contributed by atoms with Gasteiger partial charge in [-0.1, -0.05) is 63.3 Å². The maximum Gasteiger partial charge on any atom is 0.312 e. The van der Waals surface area contributed by atoms with Crippen molar-refractivity contribution in [2.45, 2.75) is 102 Å². The first kappa shape index (κ1) is 32.9. The van der Waals surface area contributed by atoms with E-state index in [4.69, 9.17) is 9.47 Å². The number of hydrogen-bond donors (Lipinski definition) is 1. The fourth-order valence-corrected chi connectivity index (χ4v) is 8.17. The summed E-state index contributed by atoms with van der Waals surface area (Å²) in [5, 5.41) is 10.7. The van der Waals surface area contributed by atoms with Crippen molar-refractivity contribution in [3.63, 3.8) is 0 Å². The summed E-state index contributed by atoms with van der Waals surface area (Å²) < 4.78 is 12.4. The number of likely N-dealkylation sites (tertiary alicyclic amines) is 1. The summed E-state index contributed by atoms with van der Waals surface area (Å²) in [4.78, 5) is 46.6. The lowest BCUT2D eigenvalue weighted by Crippen LogP contribution is -2.62. The highest BCUT2D eigenvalue weighted by atomic mass is 16.6. The Bertz CT molecular complexity index is 1220. The molecule has 0 aromatic heterocycles. The monoisotopic (exact) mass is 594 g/mol. The van der Waals surface area contributed by atoms with Gasteiger partial charge in [0.05, 0.1) is 30.8 Å². The molecule has 43 heavy (non-hydrogen) atoms. The lowest BCUT2D eigenvalue weighted by atomic mass is 9.66. The smallest absolute Gasteiger partial charge is 0.312 e. The highest BCUT2D eigenvalue weighted by Gasteiger charge is 2.79. The maximum atomic E-state index is 15.0. The van der Waals surface area contributed by atoms with Crippen LogP contribution >= 0.6 is 0 Å². The van der Waals surface area contributed by atoms with Gasteiger partial charge in [0.25, 0.3) is 0 Å². The summed E-state index contributed by atoms with van der Waals surface area (Å²) in [5.74, 6) is -2.82. The molecule has 0 aliphatic carbocycles. The minimum absolute atomic E-state index is 0.0772. The molecule has 3 heterocycles. The molecule has 1 spiro atoms. The average Bonchev–Trinajstić information content (AvgIpc) is 3.50. The quantitative estimate of drug-likeness (QED) is 0.202. The number of carbonyl (C=O) groups excluding carboxylic acids is 3. The Morgan fingerprint density at radius 3 is 2.42 bits per heavy atom. The fraction of sp³-hybridized carbons (Fsp3) is 0.629. The number of ether oxygens (including phenoxy) is 2. The van der Waals surface area contributed by atoms with Crippen LogP contribution in [0.2, 0.25) is 0 Å². The van der Waals surface area contributed by atoms with E-state index < -0.39 is 46.6 Å². The van der Waals surface area contributed by atoms with Gasteiger partial charge in [0.15, 0.2) is 0 Å². The minimum atomic E-state index is -1.22. The number of aliphatic hydroxyl groups is 1. The zero-order valence-electron chi connectivity index (χ0n) is 26.8. The normalized spacial score (nSPS) is 28.9. The highest BCUT2D eigenvalue weighted by molar-refractivity contribution is 5.99. The third-order valence-corrected chi connectivity index (χ3v) is 9.46. The first-order chi connectivity index (χ1) is 20.2. The fourth-order valence-electron chi connectivity index (χ4n) is 8.17. The summed E-state index contributed by atoms with van der Waals surface area (Å²) >= 11 is 0. The number of carbonyl (C=O) groups is 3. The van der Waals surface area contributed by atoms with Gasteiger partial charge in [-0.2, -0.15) is 0 Å². The molecule has 0 radical (unpaired) electrons. The zero-order valence-corrected chi connectivity index (χ0v) is 26.8. The van der Waals surface area contributed by atoms with Gasteiger partial charge >= 0.3 is 5.97 Å². The number of aliphatic hydroxyl groups excluding tert-OH is 1. The van der Waals surface area contributed by atoms with E-state index in [0.717, 1.165) is 5.56 Å². The van der Waals surface area contributed by atoms with Gasteiger partial charge in [-0.25, -0.2) is 0 Å². The van der Waals surface area contributed by atoms with Crippen molar-refractivity contribution in [3.8, 4) is 0 Å². The van der Waals surface area contributed by atoms with Crippen LogP contribution < -0.4 is 0 Å². The van der Waals surface area contributed by atoms with Crippen LogP contribution in [0.3, 0.4) is 0 Å². The van der Waals surface area contributed by atoms with Gasteiger partial charge in [-0.15, -0.1) is 13.2 Å². The number of fused-ring (bicyclic) bond motifs is 1. The Morgan fingerprint density at radius 1 is 1.16 bits per heavy atom. The van der Waals surface area contributed by atoms with Crippen molar-refractivity contribution in [2.75, 3.05) is 19.8 Å². The van der Waals surface area contributed by atoms with Crippen LogP contribution in [-0.2, 0) is 30.3 Å². The number of amides is 2. The van der Waals surface area contributed by atoms with Crippen molar-refractivity contribution in [2.24, 2.45) is 17.3 Å². The summed E-state index contributed by atoms with van der Waals surface area (Å²) in [6, 6.07) is 7.91. The van der Waals surface area contributed by atoms with Gasteiger partial charge in [-0.3, -0.25) is 14.4 Å². The predicted molar refractivity (Wildman–Crippen MR) is 166 cm³/mol. The Morgan fingerprint density at radius 2 is 1.84 bits per heavy atom. The van der Waals surface area contributed by atoms with Gasteiger partial charge in [0.1, 0.15) is 17.6 Å². The molecule has 236 valence electrons. The summed E-state index contributed by atoms with van der Waals surface area (Å²) in [5.41, 5.74) is -1.87. The van der Waals surface area contributed by atoms with E-state index >= 15 is 4.79 Å². The second kappa shape index (κ2) is 12.2. The molecular weight excluding hydrogens is 544 g/mol. The number of nitrogens with zero attached hydrogens (tertiary/aromatic N) is 2. The van der Waals surface area contributed by atoms with E-state index in [1.165, 1.54) is 0 Å². The van der Waals surface area contributed by atoms with Gasteiger partial charge < -0.3 is 24.4 Å². The van der Waals surface area contributed by atoms with Gasteiger partial charge in [-0.05, 0) is 63.9 Å². The number of esters is 1. The second-order valence-electron chi connectivity index (χ2n) is 14.5. The van der Waals surface area contributed by atoms with E-state index in [2.05, 4.69) is 33.9 Å². The van der Waals surface area contributed by atoms with Crippen LogP contribution in [0.15, 0.2) is 55.6 Å². The maximum absolute atomic E-state index is 15.0. The molecule has 8 heteroatoms. The molecule has 6 atom stereocenters. The molecule has 2 bridgehead atoms. The number of rotatable bonds is 13. The van der Waals surface area contributed by atoms with Crippen LogP contribution in [-0.4, -0.2) is 81.3 Å². The average molecular weight is 595 g/mol. The molecule has 3 aliphatic heterocycles. The topological polar surface area (TPSA) is 96.4 Å². The molecule has 2 unspecified atom stereocenters. The Labute approximate surface area is 257 Å². The van der Waals surface area contributed by atoms with Crippen molar-refractivity contribution in [1.29, 1.82) is 0 Å². The lowest BCUT2D eigenvalue weighted by molar-refractivity contribution is -0.163. The van der Waals surface area contributed by atoms with Crippen LogP contribution in [0.1, 0.15) is 72.8 Å². The zero-order chi connectivity index (χ0) is 31.8. The Hall–Kier alpha value is -2.97. The predicted octanol–water partition coefficient (Wildman–Crippen LogP) is 4.70. The van der Waals surface area contributed by atoms with Crippen LogP contribution in [0.4, 0.5) is 0 Å². The van der Waals surface area contributed by atoms with Gasteiger partial charge in [0, 0.05) is 12.1 Å². The molecule has 2 amide bonds. The van der Waals surface area contributed by atoms with E-state index in [0.29, 0.717) is 32.1 Å². The summed E-state index contributed by atoms with van der Waals surface area (Å²) in [6.07, 6.45) is 5.92. The van der Waals surface area contributed by atoms with Crippen molar-refractivity contribution >= 4 is 17.8 Å². The lowest BCUT2D eigenvalue weighted by Gasteiger charge is -2.46. The van der Waals surface area contributed by atoms with Crippen molar-refractivity contribution in [3.05, 3.63) is 61.2 Å². The van der Waals surface area contributed by atoms with Crippen molar-refractivity contribution < 1.29 is 29.0 Å². The van der Waals surface area contributed by atoms with Crippen LogP contribution in [0.5, 0.6) is 0 Å². The van der Waals surface area contributed by atoms with Crippen molar-refractivity contribution in [1.82, 2.24) is 9.80 Å². The third kappa shape index (κ3) is 6.05. The third-order valence-electron chi connectivity index (χ3n) is 9.46. The van der Waals surface area contributed by atoms with E-state index in [1.54, 1.807) is 22.0 Å². The number of hydrogen-bond acceptors (Lipinski definition) is 6. The molecule has 3 fully saturated rings. The molecule has 1 N–H and O–H groups in total. The molecule has 8 nitrogen and oxygen atoms in total. The molecular formula is C35H50N2O6. The summed E-state index contributed by atoms with van der Waals surface area (Å²) in [6.45, 7) is 20.1. The van der Waals surface area contributed by atoms with E-state index in [1.807, 2.05) is 51.1 Å². The Kier molecular flexibility index (Phi) is 9.34. The first-order valence-electron chi connectivity index (χ1n) is 15.5. The highest BCUT2D eigenvalue weighted by Crippen LogP contribution is 2.64. The molecule has 1 aromatic rings. The standard InChI is InChI=1S/C35H50N2O6/c1-9-11-20-42-31(41)27-26-29(39)37(25(22-38)21-24-15-13-12-14-16-24)28(35(26)18-17-34(27,8)43-35)30(40)36(19-10-2)33(6,7)23-32(3,4)5/h9-10,12-16,25-28,38H,1-2,11,17-23H2,3-8H3/t25-,26+,27+,28?,34-,35?/m1/s1. The molecule has 0 saturated carbocycles. The van der Waals surface area contributed by atoms with E-state index in [9.17, 15) is 14.7 Å². The molecule has 4 rings (SSSR count). The number of benzene rings is 1. The Balaban J connectivity index is 1.83. The van der Waals surface area contributed by atoms with E-state index in [-0.39, 0.29) is 37.0 Å². The molecule has 1 aromatic carbocycles. The van der Waals surface area contributed by atoms with Crippen LogP contribution in [0, 0.1) is 17.3 Å². The summed E-state index contributed by atoms with van der Waals surface area (Å²) in [7, 11) is 0. The van der Waals surface area contributed by atoms with Gasteiger partial charge in [0.2, 0.25) is 11.8 Å². The second-order valence-corrected chi connectivity index (χ2v) is 14.5. The molecule has 3 saturated heterocycles.